The minimum atomic E-state index is 0.380. The molecular formula is C27H31N9O. The van der Waals surface area contributed by atoms with Crippen LogP contribution in [0.2, 0.25) is 0 Å². The average molecular weight is 498 g/mol. The standard InChI is InChI=1S/C27H31N9O/c1-19-4-3-5-23(31-19)26-29-12-10-24(34-26)33-25-11-13-30-27(35-25)32-21-8-6-20(7-9-21)16-36-15-14-28-22(17-36)18-37-2/h3-13,22,28H,14-18H2,1-2H3,(H2,29,30,32,33,34,35)/t22-/m1/s1. The van der Waals surface area contributed by atoms with Crippen molar-refractivity contribution in [2.24, 2.45) is 0 Å². The summed E-state index contributed by atoms with van der Waals surface area (Å²) >= 11 is 0. The number of hydrogen-bond donors (Lipinski definition) is 3. The van der Waals surface area contributed by atoms with E-state index >= 15 is 0 Å². The van der Waals surface area contributed by atoms with Crippen LogP contribution in [0.1, 0.15) is 11.3 Å². The van der Waals surface area contributed by atoms with Crippen molar-refractivity contribution >= 4 is 23.3 Å². The molecule has 1 atom stereocenters. The van der Waals surface area contributed by atoms with Gasteiger partial charge in [-0.05, 0) is 48.9 Å². The summed E-state index contributed by atoms with van der Waals surface area (Å²) in [5, 5.41) is 10.0. The van der Waals surface area contributed by atoms with Gasteiger partial charge in [0.15, 0.2) is 5.82 Å². The molecule has 0 spiro atoms. The van der Waals surface area contributed by atoms with Crippen LogP contribution in [0.3, 0.4) is 0 Å². The summed E-state index contributed by atoms with van der Waals surface area (Å²) in [6.45, 7) is 6.58. The number of hydrogen-bond acceptors (Lipinski definition) is 10. The van der Waals surface area contributed by atoms with Gasteiger partial charge in [0.2, 0.25) is 5.95 Å². The Morgan fingerprint density at radius 2 is 1.76 bits per heavy atom. The second-order valence-electron chi connectivity index (χ2n) is 8.98. The van der Waals surface area contributed by atoms with E-state index in [-0.39, 0.29) is 0 Å². The van der Waals surface area contributed by atoms with Crippen molar-refractivity contribution < 1.29 is 4.74 Å². The first kappa shape index (κ1) is 24.7. The highest BCUT2D eigenvalue weighted by atomic mass is 16.5. The minimum absolute atomic E-state index is 0.380. The maximum Gasteiger partial charge on any atom is 0.229 e. The van der Waals surface area contributed by atoms with E-state index in [1.165, 1.54) is 5.56 Å². The van der Waals surface area contributed by atoms with Gasteiger partial charge in [-0.25, -0.2) is 19.9 Å². The normalized spacial score (nSPS) is 15.9. The van der Waals surface area contributed by atoms with Gasteiger partial charge in [0.25, 0.3) is 0 Å². The summed E-state index contributed by atoms with van der Waals surface area (Å²) in [6, 6.07) is 18.1. The molecular weight excluding hydrogens is 466 g/mol. The molecule has 37 heavy (non-hydrogen) atoms. The molecule has 1 fully saturated rings. The second-order valence-corrected chi connectivity index (χ2v) is 8.98. The summed E-state index contributed by atoms with van der Waals surface area (Å²) in [5.41, 5.74) is 3.83. The van der Waals surface area contributed by atoms with E-state index in [0.29, 0.717) is 29.5 Å². The zero-order valence-electron chi connectivity index (χ0n) is 21.1. The molecule has 1 saturated heterocycles. The topological polar surface area (TPSA) is 113 Å². The summed E-state index contributed by atoms with van der Waals surface area (Å²) in [7, 11) is 1.75. The lowest BCUT2D eigenvalue weighted by Gasteiger charge is -2.33. The molecule has 10 nitrogen and oxygen atoms in total. The van der Waals surface area contributed by atoms with Crippen LogP contribution in [0.5, 0.6) is 0 Å². The van der Waals surface area contributed by atoms with Gasteiger partial charge in [0.05, 0.1) is 6.61 Å². The molecule has 10 heteroatoms. The van der Waals surface area contributed by atoms with E-state index in [4.69, 9.17) is 4.74 Å². The number of aryl methyl sites for hydroxylation is 1. The maximum atomic E-state index is 5.30. The van der Waals surface area contributed by atoms with Crippen LogP contribution in [0.15, 0.2) is 67.0 Å². The second kappa shape index (κ2) is 11.8. The fraction of sp³-hybridized carbons (Fsp3) is 0.296. The average Bonchev–Trinajstić information content (AvgIpc) is 2.91. The number of rotatable bonds is 9. The van der Waals surface area contributed by atoms with Crippen LogP contribution in [0, 0.1) is 6.92 Å². The number of benzene rings is 1. The molecule has 0 unspecified atom stereocenters. The predicted octanol–water partition coefficient (Wildman–Crippen LogP) is 3.54. The van der Waals surface area contributed by atoms with Crippen molar-refractivity contribution in [1.82, 2.24) is 35.1 Å². The Morgan fingerprint density at radius 3 is 2.57 bits per heavy atom. The van der Waals surface area contributed by atoms with Gasteiger partial charge in [-0.15, -0.1) is 0 Å². The Hall–Kier alpha value is -3.99. The summed E-state index contributed by atoms with van der Waals surface area (Å²) < 4.78 is 5.30. The van der Waals surface area contributed by atoms with Crippen molar-refractivity contribution in [2.75, 3.05) is 44.0 Å². The van der Waals surface area contributed by atoms with Crippen molar-refractivity contribution in [3.05, 3.63) is 78.2 Å². The van der Waals surface area contributed by atoms with Gasteiger partial charge >= 0.3 is 0 Å². The van der Waals surface area contributed by atoms with Gasteiger partial charge in [-0.3, -0.25) is 4.90 Å². The van der Waals surface area contributed by atoms with Gasteiger partial charge in [0.1, 0.15) is 17.3 Å². The van der Waals surface area contributed by atoms with Crippen LogP contribution in [0.25, 0.3) is 11.5 Å². The van der Waals surface area contributed by atoms with E-state index in [1.807, 2.05) is 25.1 Å². The molecule has 0 radical (unpaired) electrons. The quantitative estimate of drug-likeness (QED) is 0.317. The molecule has 0 aliphatic carbocycles. The largest absolute Gasteiger partial charge is 0.383 e. The summed E-state index contributed by atoms with van der Waals surface area (Å²) in [4.78, 5) is 24.8. The molecule has 1 aromatic carbocycles. The molecule has 1 aliphatic heterocycles. The Balaban J connectivity index is 1.20. The maximum absolute atomic E-state index is 5.30. The lowest BCUT2D eigenvalue weighted by molar-refractivity contribution is 0.112. The number of aromatic nitrogens is 5. The number of pyridine rings is 1. The zero-order chi connectivity index (χ0) is 25.5. The zero-order valence-corrected chi connectivity index (χ0v) is 21.1. The van der Waals surface area contributed by atoms with Crippen LogP contribution < -0.4 is 16.0 Å². The monoisotopic (exact) mass is 497 g/mol. The molecule has 190 valence electrons. The molecule has 4 heterocycles. The highest BCUT2D eigenvalue weighted by Crippen LogP contribution is 2.20. The number of anilines is 4. The van der Waals surface area contributed by atoms with E-state index in [2.05, 4.69) is 70.0 Å². The summed E-state index contributed by atoms with van der Waals surface area (Å²) in [5.74, 6) is 2.30. The molecule has 0 amide bonds. The third-order valence-electron chi connectivity index (χ3n) is 6.01. The lowest BCUT2D eigenvalue weighted by Crippen LogP contribution is -2.52. The van der Waals surface area contributed by atoms with Crippen LogP contribution >= 0.6 is 0 Å². The SMILES string of the molecule is COC[C@H]1CN(Cc2ccc(Nc3nccc(Nc4ccnc(-c5cccc(C)n5)n4)n3)cc2)CCN1. The predicted molar refractivity (Wildman–Crippen MR) is 144 cm³/mol. The van der Waals surface area contributed by atoms with Crippen LogP contribution in [0.4, 0.5) is 23.3 Å². The smallest absolute Gasteiger partial charge is 0.229 e. The van der Waals surface area contributed by atoms with E-state index in [0.717, 1.165) is 49.9 Å². The fourth-order valence-electron chi connectivity index (χ4n) is 4.27. The number of nitrogens with zero attached hydrogens (tertiary/aromatic N) is 6. The molecule has 3 aromatic heterocycles. The molecule has 3 N–H and O–H groups in total. The van der Waals surface area contributed by atoms with Crippen LogP contribution in [-0.2, 0) is 11.3 Å². The lowest BCUT2D eigenvalue weighted by atomic mass is 10.1. The van der Waals surface area contributed by atoms with E-state index in [1.54, 1.807) is 31.6 Å². The number of piperazine rings is 1. The van der Waals surface area contributed by atoms with E-state index in [9.17, 15) is 0 Å². The third-order valence-corrected chi connectivity index (χ3v) is 6.01. The van der Waals surface area contributed by atoms with Gasteiger partial charge < -0.3 is 20.7 Å². The molecule has 0 saturated carbocycles. The van der Waals surface area contributed by atoms with E-state index < -0.39 is 0 Å². The van der Waals surface area contributed by atoms with Gasteiger partial charge in [0, 0.05) is 63.1 Å². The first-order valence-corrected chi connectivity index (χ1v) is 12.3. The van der Waals surface area contributed by atoms with Crippen molar-refractivity contribution in [3.63, 3.8) is 0 Å². The minimum Gasteiger partial charge on any atom is -0.383 e. The van der Waals surface area contributed by atoms with Crippen molar-refractivity contribution in [3.8, 4) is 11.5 Å². The highest BCUT2D eigenvalue weighted by Gasteiger charge is 2.19. The van der Waals surface area contributed by atoms with Gasteiger partial charge in [-0.1, -0.05) is 18.2 Å². The first-order chi connectivity index (χ1) is 18.1. The van der Waals surface area contributed by atoms with Crippen molar-refractivity contribution in [1.29, 1.82) is 0 Å². The first-order valence-electron chi connectivity index (χ1n) is 12.3. The number of nitrogens with one attached hydrogen (secondary N) is 3. The Bertz CT molecular complexity index is 1310. The third kappa shape index (κ3) is 6.82. The highest BCUT2D eigenvalue weighted by molar-refractivity contribution is 5.59. The molecule has 5 rings (SSSR count). The summed E-state index contributed by atoms with van der Waals surface area (Å²) in [6.07, 6.45) is 3.41. The van der Waals surface area contributed by atoms with Gasteiger partial charge in [-0.2, -0.15) is 4.98 Å². The van der Waals surface area contributed by atoms with Crippen LogP contribution in [-0.4, -0.2) is 69.2 Å². The fourth-order valence-corrected chi connectivity index (χ4v) is 4.27. The molecule has 4 aromatic rings. The Kier molecular flexibility index (Phi) is 7.90. The number of methoxy groups -OCH3 is 1. The number of ether oxygens (including phenoxy) is 1. The Morgan fingerprint density at radius 1 is 0.946 bits per heavy atom. The van der Waals surface area contributed by atoms with Crippen molar-refractivity contribution in [2.45, 2.75) is 19.5 Å². The molecule has 1 aliphatic rings. The Labute approximate surface area is 216 Å². The molecule has 0 bridgehead atoms.